The number of hydrogen-bond donors (Lipinski definition) is 0. The Balaban J connectivity index is 1.79. The van der Waals surface area contributed by atoms with Crippen LogP contribution in [0.5, 0.6) is 0 Å². The molecule has 0 spiro atoms. The minimum atomic E-state index is 0.144. The quantitative estimate of drug-likeness (QED) is 0.651. The van der Waals surface area contributed by atoms with Gasteiger partial charge in [-0.05, 0) is 51.9 Å². The molecule has 0 radical (unpaired) electrons. The molecule has 7 heteroatoms. The molecule has 1 saturated heterocycles. The van der Waals surface area contributed by atoms with Crippen LogP contribution in [-0.4, -0.2) is 62.4 Å². The average Bonchev–Trinajstić information content (AvgIpc) is 3.11. The molecule has 1 aromatic heterocycles. The molecule has 146 valence electrons. The highest BCUT2D eigenvalue weighted by Gasteiger charge is 2.20. The Kier molecular flexibility index (Phi) is 7.29. The van der Waals surface area contributed by atoms with Crippen molar-refractivity contribution in [2.75, 3.05) is 31.9 Å². The normalized spacial score (nSPS) is 15.0. The monoisotopic (exact) mass is 387 g/mol. The molecule has 1 fully saturated rings. The lowest BCUT2D eigenvalue weighted by atomic mass is 10.1. The van der Waals surface area contributed by atoms with Crippen LogP contribution in [-0.2, 0) is 11.3 Å². The fourth-order valence-electron chi connectivity index (χ4n) is 3.44. The van der Waals surface area contributed by atoms with Crippen molar-refractivity contribution in [1.29, 1.82) is 0 Å². The number of piperidine rings is 1. The molecule has 0 saturated carbocycles. The maximum absolute atomic E-state index is 12.4. The highest BCUT2D eigenvalue weighted by Crippen LogP contribution is 2.24. The van der Waals surface area contributed by atoms with E-state index in [4.69, 9.17) is 0 Å². The Morgan fingerprint density at radius 1 is 1.07 bits per heavy atom. The zero-order valence-corrected chi connectivity index (χ0v) is 17.1. The maximum Gasteiger partial charge on any atom is 0.233 e. The zero-order chi connectivity index (χ0) is 19.1. The molecule has 2 aromatic rings. The predicted octanol–water partition coefficient (Wildman–Crippen LogP) is 3.21. The van der Waals surface area contributed by atoms with Crippen LogP contribution in [0, 0.1) is 0 Å². The lowest BCUT2D eigenvalue weighted by Gasteiger charge is -2.26. The fraction of sp³-hybridized carbons (Fsp3) is 0.550. The van der Waals surface area contributed by atoms with E-state index >= 15 is 0 Å². The third kappa shape index (κ3) is 5.11. The molecule has 0 aliphatic carbocycles. The van der Waals surface area contributed by atoms with Gasteiger partial charge in [-0.15, -0.1) is 10.2 Å². The van der Waals surface area contributed by atoms with Crippen molar-refractivity contribution < 1.29 is 4.79 Å². The van der Waals surface area contributed by atoms with Gasteiger partial charge in [-0.1, -0.05) is 36.4 Å². The third-order valence-electron chi connectivity index (χ3n) is 4.97. The number of carbonyl (C=O) groups excluding carboxylic acids is 1. The largest absolute Gasteiger partial charge is 0.343 e. The number of benzene rings is 1. The number of carbonyl (C=O) groups is 1. The van der Waals surface area contributed by atoms with E-state index in [0.717, 1.165) is 49.4 Å². The summed E-state index contributed by atoms with van der Waals surface area (Å²) in [5, 5.41) is 9.68. The number of amides is 1. The molecule has 0 unspecified atom stereocenters. The number of para-hydroxylation sites is 1. The Bertz CT molecular complexity index is 723. The van der Waals surface area contributed by atoms with Crippen LogP contribution >= 0.6 is 11.8 Å². The standard InChI is InChI=1S/C20H29N5OS/c1-3-24(4-2)19(26)16-27-20-22-21-18(15-23-13-9-6-10-14-23)25(20)17-11-7-5-8-12-17/h5,7-8,11-12H,3-4,6,9-10,13-16H2,1-2H3. The van der Waals surface area contributed by atoms with Crippen molar-refractivity contribution in [3.8, 4) is 5.69 Å². The van der Waals surface area contributed by atoms with Crippen LogP contribution in [0.1, 0.15) is 38.9 Å². The van der Waals surface area contributed by atoms with Crippen molar-refractivity contribution in [3.05, 3.63) is 36.2 Å². The highest BCUT2D eigenvalue weighted by atomic mass is 32.2. The van der Waals surface area contributed by atoms with Crippen molar-refractivity contribution in [2.24, 2.45) is 0 Å². The van der Waals surface area contributed by atoms with Crippen molar-refractivity contribution >= 4 is 17.7 Å². The van der Waals surface area contributed by atoms with E-state index in [1.807, 2.05) is 36.9 Å². The first-order valence-electron chi connectivity index (χ1n) is 9.85. The first kappa shape index (κ1) is 19.9. The van der Waals surface area contributed by atoms with Crippen LogP contribution < -0.4 is 0 Å². The van der Waals surface area contributed by atoms with Gasteiger partial charge < -0.3 is 4.90 Å². The van der Waals surface area contributed by atoms with Gasteiger partial charge in [0.2, 0.25) is 5.91 Å². The first-order valence-corrected chi connectivity index (χ1v) is 10.8. The molecule has 1 aromatic carbocycles. The van der Waals surface area contributed by atoms with E-state index in [-0.39, 0.29) is 5.91 Å². The second-order valence-electron chi connectivity index (χ2n) is 6.76. The van der Waals surface area contributed by atoms with Crippen LogP contribution in [0.25, 0.3) is 5.69 Å². The number of hydrogen-bond acceptors (Lipinski definition) is 5. The van der Waals surface area contributed by atoms with Crippen molar-refractivity contribution in [2.45, 2.75) is 44.8 Å². The summed E-state index contributed by atoms with van der Waals surface area (Å²) in [5.74, 6) is 1.47. The number of aromatic nitrogens is 3. The first-order chi connectivity index (χ1) is 13.2. The van der Waals surface area contributed by atoms with Gasteiger partial charge in [0, 0.05) is 18.8 Å². The van der Waals surface area contributed by atoms with Crippen LogP contribution in [0.3, 0.4) is 0 Å². The Hall–Kier alpha value is -1.86. The van der Waals surface area contributed by atoms with Gasteiger partial charge in [0.15, 0.2) is 11.0 Å². The van der Waals surface area contributed by atoms with Gasteiger partial charge in [-0.3, -0.25) is 14.3 Å². The lowest BCUT2D eigenvalue weighted by molar-refractivity contribution is -0.127. The summed E-state index contributed by atoms with van der Waals surface area (Å²) in [6.07, 6.45) is 3.81. The molecular formula is C20H29N5OS. The van der Waals surface area contributed by atoms with Crippen molar-refractivity contribution in [3.63, 3.8) is 0 Å². The minimum absolute atomic E-state index is 0.144. The van der Waals surface area contributed by atoms with Gasteiger partial charge in [0.25, 0.3) is 0 Å². The van der Waals surface area contributed by atoms with Crippen LogP contribution in [0.4, 0.5) is 0 Å². The van der Waals surface area contributed by atoms with E-state index in [9.17, 15) is 4.79 Å². The van der Waals surface area contributed by atoms with E-state index in [0.29, 0.717) is 5.75 Å². The molecule has 0 atom stereocenters. The Morgan fingerprint density at radius 3 is 2.44 bits per heavy atom. The Morgan fingerprint density at radius 2 is 1.78 bits per heavy atom. The molecule has 0 bridgehead atoms. The number of nitrogens with zero attached hydrogens (tertiary/aromatic N) is 5. The molecule has 0 N–H and O–H groups in total. The summed E-state index contributed by atoms with van der Waals surface area (Å²) < 4.78 is 2.11. The van der Waals surface area contributed by atoms with Gasteiger partial charge >= 0.3 is 0 Å². The summed E-state index contributed by atoms with van der Waals surface area (Å²) in [6.45, 7) is 8.52. The third-order valence-corrected chi connectivity index (χ3v) is 5.88. The molecule has 2 heterocycles. The number of rotatable bonds is 8. The lowest BCUT2D eigenvalue weighted by Crippen LogP contribution is -2.32. The van der Waals surface area contributed by atoms with Gasteiger partial charge in [-0.25, -0.2) is 0 Å². The highest BCUT2D eigenvalue weighted by molar-refractivity contribution is 7.99. The molecule has 1 aliphatic rings. The molecular weight excluding hydrogens is 358 g/mol. The van der Waals surface area contributed by atoms with E-state index in [2.05, 4.69) is 31.8 Å². The number of thioether (sulfide) groups is 1. The zero-order valence-electron chi connectivity index (χ0n) is 16.3. The van der Waals surface area contributed by atoms with Gasteiger partial charge in [0.05, 0.1) is 12.3 Å². The summed E-state index contributed by atoms with van der Waals surface area (Å²) in [5.41, 5.74) is 1.05. The van der Waals surface area contributed by atoms with Crippen LogP contribution in [0.15, 0.2) is 35.5 Å². The number of likely N-dealkylation sites (tertiary alicyclic amines) is 1. The molecule has 1 aliphatic heterocycles. The molecule has 6 nitrogen and oxygen atoms in total. The van der Waals surface area contributed by atoms with E-state index in [1.54, 1.807) is 0 Å². The van der Waals surface area contributed by atoms with Gasteiger partial charge in [0.1, 0.15) is 0 Å². The topological polar surface area (TPSA) is 54.3 Å². The second-order valence-corrected chi connectivity index (χ2v) is 7.70. The summed E-state index contributed by atoms with van der Waals surface area (Å²) in [6, 6.07) is 10.2. The van der Waals surface area contributed by atoms with Crippen LogP contribution in [0.2, 0.25) is 0 Å². The van der Waals surface area contributed by atoms with E-state index < -0.39 is 0 Å². The van der Waals surface area contributed by atoms with E-state index in [1.165, 1.54) is 31.0 Å². The fourth-order valence-corrected chi connectivity index (χ4v) is 4.32. The molecule has 3 rings (SSSR count). The molecule has 1 amide bonds. The summed E-state index contributed by atoms with van der Waals surface area (Å²) >= 11 is 1.47. The maximum atomic E-state index is 12.4. The predicted molar refractivity (Wildman–Crippen MR) is 109 cm³/mol. The minimum Gasteiger partial charge on any atom is -0.343 e. The summed E-state index contributed by atoms with van der Waals surface area (Å²) in [4.78, 5) is 16.7. The smallest absolute Gasteiger partial charge is 0.233 e. The Labute approximate surface area is 165 Å². The summed E-state index contributed by atoms with van der Waals surface area (Å²) in [7, 11) is 0. The second kappa shape index (κ2) is 9.90. The average molecular weight is 388 g/mol. The molecule has 27 heavy (non-hydrogen) atoms. The van der Waals surface area contributed by atoms with Gasteiger partial charge in [-0.2, -0.15) is 0 Å². The SMILES string of the molecule is CCN(CC)C(=O)CSc1nnc(CN2CCCCC2)n1-c1ccccc1. The van der Waals surface area contributed by atoms with Crippen molar-refractivity contribution in [1.82, 2.24) is 24.6 Å².